The molecule has 0 saturated heterocycles. The number of sulfonamides is 1. The molecule has 128 valence electrons. The van der Waals surface area contributed by atoms with E-state index in [-0.39, 0.29) is 10.8 Å². The van der Waals surface area contributed by atoms with Crippen LogP contribution in [-0.4, -0.2) is 41.5 Å². The molecule has 0 aliphatic heterocycles. The van der Waals surface area contributed by atoms with Gasteiger partial charge in [-0.25, -0.2) is 8.42 Å². The van der Waals surface area contributed by atoms with Crippen molar-refractivity contribution in [2.45, 2.75) is 4.90 Å². The van der Waals surface area contributed by atoms with Crippen molar-refractivity contribution in [2.24, 2.45) is 0 Å². The number of benzene rings is 2. The van der Waals surface area contributed by atoms with Crippen LogP contribution in [0.2, 0.25) is 0 Å². The molecule has 7 heteroatoms. The van der Waals surface area contributed by atoms with Crippen LogP contribution >= 0.6 is 0 Å². The van der Waals surface area contributed by atoms with E-state index in [9.17, 15) is 13.2 Å². The van der Waals surface area contributed by atoms with Crippen molar-refractivity contribution in [3.63, 3.8) is 0 Å². The summed E-state index contributed by atoms with van der Waals surface area (Å²) in [5, 5.41) is 2.80. The summed E-state index contributed by atoms with van der Waals surface area (Å²) < 4.78 is 27.1. The molecule has 2 aromatic rings. The molecule has 0 aliphatic carbocycles. The van der Waals surface area contributed by atoms with Gasteiger partial charge in [0, 0.05) is 11.3 Å². The highest BCUT2D eigenvalue weighted by molar-refractivity contribution is 7.92. The Balaban J connectivity index is 2.04. The summed E-state index contributed by atoms with van der Waals surface area (Å²) in [5.41, 5.74) is 0.924. The number of carbonyl (C=O) groups excluding carboxylic acids is 1. The summed E-state index contributed by atoms with van der Waals surface area (Å²) in [6.45, 7) is 1.38. The lowest BCUT2D eigenvalue weighted by atomic mass is 10.2. The lowest BCUT2D eigenvalue weighted by molar-refractivity contribution is -0.856. The first-order chi connectivity index (χ1) is 11.4. The molecule has 1 amide bonds. The summed E-state index contributed by atoms with van der Waals surface area (Å²) >= 11 is 0. The Hall–Kier alpha value is -2.38. The van der Waals surface area contributed by atoms with E-state index in [1.165, 1.54) is 29.2 Å². The van der Waals surface area contributed by atoms with Crippen LogP contribution in [0, 0.1) is 0 Å². The van der Waals surface area contributed by atoms with Crippen molar-refractivity contribution in [2.75, 3.05) is 31.9 Å². The summed E-state index contributed by atoms with van der Waals surface area (Å²) in [5.74, 6) is -0.212. The molecule has 0 fully saturated rings. The molecular formula is C17H22N3O3S+. The van der Waals surface area contributed by atoms with Gasteiger partial charge in [-0.05, 0) is 36.4 Å². The quantitative estimate of drug-likeness (QED) is 0.676. The predicted molar refractivity (Wildman–Crippen MR) is 93.7 cm³/mol. The number of nitrogens with one attached hydrogen (secondary N) is 3. The van der Waals surface area contributed by atoms with Crippen LogP contribution in [-0.2, 0) is 10.0 Å². The van der Waals surface area contributed by atoms with Crippen molar-refractivity contribution in [3.05, 3.63) is 60.2 Å². The highest BCUT2D eigenvalue weighted by Gasteiger charge is 2.15. The van der Waals surface area contributed by atoms with Crippen LogP contribution in [0.3, 0.4) is 0 Å². The lowest BCUT2D eigenvalue weighted by Crippen LogP contribution is -3.06. The van der Waals surface area contributed by atoms with E-state index in [1.807, 2.05) is 20.2 Å². The number of anilines is 1. The second-order valence-corrected chi connectivity index (χ2v) is 7.39. The first-order valence-corrected chi connectivity index (χ1v) is 9.12. The number of likely N-dealkylation sites (N-methyl/N-ethyl adjacent to an activating group) is 1. The van der Waals surface area contributed by atoms with Crippen LogP contribution in [0.15, 0.2) is 59.5 Å². The largest absolute Gasteiger partial charge is 0.346 e. The zero-order chi connectivity index (χ0) is 17.6. The standard InChI is InChI=1S/C17H21N3O3S/c1-20(2)13-12-18-17(21)14-8-10-16(11-9-14)24(22,23)19-15-6-4-3-5-7-15/h3-11,19H,12-13H2,1-2H3,(H,18,21)/p+1. The van der Waals surface area contributed by atoms with Gasteiger partial charge in [0.1, 0.15) is 0 Å². The van der Waals surface area contributed by atoms with E-state index >= 15 is 0 Å². The maximum Gasteiger partial charge on any atom is 0.261 e. The Labute approximate surface area is 142 Å². The van der Waals surface area contributed by atoms with Crippen LogP contribution in [0.1, 0.15) is 10.4 Å². The Bertz CT molecular complexity index is 772. The van der Waals surface area contributed by atoms with Gasteiger partial charge in [-0.1, -0.05) is 18.2 Å². The Kier molecular flexibility index (Phi) is 5.94. The van der Waals surface area contributed by atoms with Gasteiger partial charge in [0.25, 0.3) is 15.9 Å². The highest BCUT2D eigenvalue weighted by Crippen LogP contribution is 2.16. The Morgan fingerprint density at radius 1 is 1.00 bits per heavy atom. The number of hydrogen-bond acceptors (Lipinski definition) is 3. The van der Waals surface area contributed by atoms with E-state index in [1.54, 1.807) is 24.3 Å². The molecule has 0 spiro atoms. The van der Waals surface area contributed by atoms with Gasteiger partial charge in [-0.3, -0.25) is 9.52 Å². The zero-order valence-electron chi connectivity index (χ0n) is 13.7. The molecule has 2 aromatic carbocycles. The van der Waals surface area contributed by atoms with Gasteiger partial charge in [0.2, 0.25) is 0 Å². The monoisotopic (exact) mass is 348 g/mol. The third-order valence-corrected chi connectivity index (χ3v) is 4.76. The average molecular weight is 348 g/mol. The molecule has 0 heterocycles. The minimum Gasteiger partial charge on any atom is -0.346 e. The fourth-order valence-electron chi connectivity index (χ4n) is 2.03. The Morgan fingerprint density at radius 3 is 2.21 bits per heavy atom. The third-order valence-electron chi connectivity index (χ3n) is 3.36. The molecule has 6 nitrogen and oxygen atoms in total. The van der Waals surface area contributed by atoms with Crippen molar-refractivity contribution < 1.29 is 18.1 Å². The maximum absolute atomic E-state index is 12.3. The van der Waals surface area contributed by atoms with Gasteiger partial charge < -0.3 is 10.2 Å². The smallest absolute Gasteiger partial charge is 0.261 e. The number of amides is 1. The molecule has 24 heavy (non-hydrogen) atoms. The van der Waals surface area contributed by atoms with E-state index in [0.717, 1.165) is 6.54 Å². The molecule has 0 atom stereocenters. The molecule has 0 radical (unpaired) electrons. The third kappa shape index (κ3) is 5.07. The van der Waals surface area contributed by atoms with Crippen LogP contribution < -0.4 is 14.9 Å². The normalized spacial score (nSPS) is 11.3. The molecule has 0 bridgehead atoms. The number of para-hydroxylation sites is 1. The van der Waals surface area contributed by atoms with Crippen LogP contribution in [0.4, 0.5) is 5.69 Å². The van der Waals surface area contributed by atoms with Gasteiger partial charge in [0.05, 0.1) is 32.1 Å². The fourth-order valence-corrected chi connectivity index (χ4v) is 3.09. The van der Waals surface area contributed by atoms with Crippen LogP contribution in [0.25, 0.3) is 0 Å². The second-order valence-electron chi connectivity index (χ2n) is 5.71. The average Bonchev–Trinajstić information content (AvgIpc) is 2.55. The molecule has 0 unspecified atom stereocenters. The lowest BCUT2D eigenvalue weighted by Gasteiger charge is -2.10. The number of carbonyl (C=O) groups is 1. The summed E-state index contributed by atoms with van der Waals surface area (Å²) in [6, 6.07) is 14.5. The SMILES string of the molecule is C[NH+](C)CCNC(=O)c1ccc(S(=O)(=O)Nc2ccccc2)cc1. The number of rotatable bonds is 7. The van der Waals surface area contributed by atoms with Crippen molar-refractivity contribution in [1.29, 1.82) is 0 Å². The Morgan fingerprint density at radius 2 is 1.62 bits per heavy atom. The minimum atomic E-state index is -3.67. The van der Waals surface area contributed by atoms with E-state index in [2.05, 4.69) is 10.0 Å². The predicted octanol–water partition coefficient (Wildman–Crippen LogP) is 0.362. The highest BCUT2D eigenvalue weighted by atomic mass is 32.2. The molecule has 0 aromatic heterocycles. The van der Waals surface area contributed by atoms with Gasteiger partial charge >= 0.3 is 0 Å². The van der Waals surface area contributed by atoms with Crippen LogP contribution in [0.5, 0.6) is 0 Å². The molecule has 0 aliphatic rings. The topological polar surface area (TPSA) is 79.7 Å². The van der Waals surface area contributed by atoms with Crippen molar-refractivity contribution in [1.82, 2.24) is 5.32 Å². The van der Waals surface area contributed by atoms with E-state index < -0.39 is 10.0 Å². The minimum absolute atomic E-state index is 0.112. The first-order valence-electron chi connectivity index (χ1n) is 7.63. The van der Waals surface area contributed by atoms with E-state index in [0.29, 0.717) is 17.8 Å². The number of hydrogen-bond donors (Lipinski definition) is 3. The van der Waals surface area contributed by atoms with Gasteiger partial charge in [-0.15, -0.1) is 0 Å². The maximum atomic E-state index is 12.3. The molecule has 2 rings (SSSR count). The van der Waals surface area contributed by atoms with Gasteiger partial charge in [-0.2, -0.15) is 0 Å². The van der Waals surface area contributed by atoms with Gasteiger partial charge in [0.15, 0.2) is 0 Å². The molecule has 3 N–H and O–H groups in total. The summed E-state index contributed by atoms with van der Waals surface area (Å²) in [6.07, 6.45) is 0. The fraction of sp³-hybridized carbons (Fsp3) is 0.235. The van der Waals surface area contributed by atoms with Crippen molar-refractivity contribution in [3.8, 4) is 0 Å². The van der Waals surface area contributed by atoms with E-state index in [4.69, 9.17) is 0 Å². The molecule has 0 saturated carbocycles. The zero-order valence-corrected chi connectivity index (χ0v) is 14.6. The number of quaternary nitrogens is 1. The molecular weight excluding hydrogens is 326 g/mol. The second kappa shape index (κ2) is 7.94. The first kappa shape index (κ1) is 18.0. The summed E-state index contributed by atoms with van der Waals surface area (Å²) in [7, 11) is 0.342. The van der Waals surface area contributed by atoms with Crippen molar-refractivity contribution >= 4 is 21.6 Å². The summed E-state index contributed by atoms with van der Waals surface area (Å²) in [4.78, 5) is 13.3.